The molecule has 1 aliphatic heterocycles. The molecule has 0 fully saturated rings. The van der Waals surface area contributed by atoms with Gasteiger partial charge in [0, 0.05) is 23.9 Å². The molecule has 0 spiro atoms. The topological polar surface area (TPSA) is 31.4 Å². The van der Waals surface area contributed by atoms with E-state index in [1.54, 1.807) is 7.11 Å². The molecule has 1 aromatic carbocycles. The average molecular weight is 269 g/mol. The van der Waals surface area contributed by atoms with Gasteiger partial charge in [0.05, 0.1) is 13.7 Å². The monoisotopic (exact) mass is 269 g/mol. The lowest BCUT2D eigenvalue weighted by Crippen LogP contribution is -2.22. The molecule has 3 heteroatoms. The fourth-order valence-corrected chi connectivity index (χ4v) is 2.63. The molecule has 1 unspecified atom stereocenters. The number of benzene rings is 1. The highest BCUT2D eigenvalue weighted by Crippen LogP contribution is 2.32. The second-order valence-electron chi connectivity index (χ2n) is 5.37. The standard InChI is InChI=1S/C17H19NO2/c1-12-3-4-13(10-18-12)7-14-8-15-5-6-16(19-2)9-17(15)20-11-14/h3-6,9-10,14H,7-8,11H2,1-2H3. The number of ether oxygens (including phenoxy) is 2. The van der Waals surface area contributed by atoms with Crippen LogP contribution in [0.5, 0.6) is 11.5 Å². The number of nitrogens with zero attached hydrogens (tertiary/aromatic N) is 1. The first-order chi connectivity index (χ1) is 9.74. The number of aryl methyl sites for hydroxylation is 1. The van der Waals surface area contributed by atoms with E-state index < -0.39 is 0 Å². The highest BCUT2D eigenvalue weighted by molar-refractivity contribution is 5.42. The Bertz CT molecular complexity index is 592. The third kappa shape index (κ3) is 2.77. The Labute approximate surface area is 119 Å². The molecule has 0 saturated heterocycles. The van der Waals surface area contributed by atoms with E-state index in [1.807, 2.05) is 25.3 Å². The van der Waals surface area contributed by atoms with Crippen molar-refractivity contribution >= 4 is 0 Å². The van der Waals surface area contributed by atoms with Gasteiger partial charge in [-0.2, -0.15) is 0 Å². The molecule has 104 valence electrons. The van der Waals surface area contributed by atoms with Gasteiger partial charge in [-0.25, -0.2) is 0 Å². The summed E-state index contributed by atoms with van der Waals surface area (Å²) < 4.78 is 11.1. The summed E-state index contributed by atoms with van der Waals surface area (Å²) in [5.74, 6) is 2.33. The molecule has 1 aliphatic rings. The van der Waals surface area contributed by atoms with Gasteiger partial charge in [0.1, 0.15) is 11.5 Å². The summed E-state index contributed by atoms with van der Waals surface area (Å²) >= 11 is 0. The Kier molecular flexibility index (Phi) is 3.59. The molecule has 0 N–H and O–H groups in total. The summed E-state index contributed by atoms with van der Waals surface area (Å²) in [6.45, 7) is 2.77. The number of rotatable bonds is 3. The van der Waals surface area contributed by atoms with Crippen molar-refractivity contribution in [3.63, 3.8) is 0 Å². The summed E-state index contributed by atoms with van der Waals surface area (Å²) in [7, 11) is 1.68. The Morgan fingerprint density at radius 3 is 2.95 bits per heavy atom. The van der Waals surface area contributed by atoms with Crippen LogP contribution in [0.3, 0.4) is 0 Å². The first kappa shape index (κ1) is 13.0. The number of aromatic nitrogens is 1. The molecule has 0 bridgehead atoms. The maximum absolute atomic E-state index is 5.87. The molecule has 3 nitrogen and oxygen atoms in total. The summed E-state index contributed by atoms with van der Waals surface area (Å²) in [6, 6.07) is 10.3. The molecule has 3 rings (SSSR count). The van der Waals surface area contributed by atoms with Crippen LogP contribution in [0.2, 0.25) is 0 Å². The van der Waals surface area contributed by atoms with Crippen molar-refractivity contribution in [3.8, 4) is 11.5 Å². The fraction of sp³-hybridized carbons (Fsp3) is 0.353. The second kappa shape index (κ2) is 5.53. The fourth-order valence-electron chi connectivity index (χ4n) is 2.63. The van der Waals surface area contributed by atoms with Gasteiger partial charge < -0.3 is 9.47 Å². The Morgan fingerprint density at radius 2 is 2.20 bits per heavy atom. The van der Waals surface area contributed by atoms with E-state index in [2.05, 4.69) is 23.2 Å². The zero-order chi connectivity index (χ0) is 13.9. The number of hydrogen-bond acceptors (Lipinski definition) is 3. The lowest BCUT2D eigenvalue weighted by Gasteiger charge is -2.25. The lowest BCUT2D eigenvalue weighted by atomic mass is 9.91. The van der Waals surface area contributed by atoms with Gasteiger partial charge in [0.25, 0.3) is 0 Å². The van der Waals surface area contributed by atoms with Crippen LogP contribution in [0.15, 0.2) is 36.5 Å². The average Bonchev–Trinajstić information content (AvgIpc) is 2.49. The van der Waals surface area contributed by atoms with Crippen LogP contribution in [0.4, 0.5) is 0 Å². The Hall–Kier alpha value is -2.03. The van der Waals surface area contributed by atoms with Crippen molar-refractivity contribution in [2.45, 2.75) is 19.8 Å². The van der Waals surface area contributed by atoms with Gasteiger partial charge in [0.15, 0.2) is 0 Å². The molecule has 0 saturated carbocycles. The van der Waals surface area contributed by atoms with Crippen LogP contribution in [0, 0.1) is 12.8 Å². The highest BCUT2D eigenvalue weighted by Gasteiger charge is 2.20. The van der Waals surface area contributed by atoms with Crippen molar-refractivity contribution in [1.82, 2.24) is 4.98 Å². The third-order valence-electron chi connectivity index (χ3n) is 3.75. The van der Waals surface area contributed by atoms with Crippen LogP contribution in [0.25, 0.3) is 0 Å². The van der Waals surface area contributed by atoms with Gasteiger partial charge in [-0.15, -0.1) is 0 Å². The minimum atomic E-state index is 0.514. The smallest absolute Gasteiger partial charge is 0.126 e. The van der Waals surface area contributed by atoms with Crippen LogP contribution >= 0.6 is 0 Å². The molecule has 2 aromatic rings. The summed E-state index contributed by atoms with van der Waals surface area (Å²) in [5, 5.41) is 0. The summed E-state index contributed by atoms with van der Waals surface area (Å²) in [5.41, 5.74) is 3.61. The van der Waals surface area contributed by atoms with E-state index >= 15 is 0 Å². The van der Waals surface area contributed by atoms with Crippen molar-refractivity contribution in [2.75, 3.05) is 13.7 Å². The molecular formula is C17H19NO2. The third-order valence-corrected chi connectivity index (χ3v) is 3.75. The van der Waals surface area contributed by atoms with Crippen LogP contribution in [-0.2, 0) is 12.8 Å². The highest BCUT2D eigenvalue weighted by atomic mass is 16.5. The first-order valence-corrected chi connectivity index (χ1v) is 6.96. The van der Waals surface area contributed by atoms with Gasteiger partial charge in [-0.1, -0.05) is 12.1 Å². The SMILES string of the molecule is COc1ccc2c(c1)OCC(Cc1ccc(C)nc1)C2. The number of pyridine rings is 1. The van der Waals surface area contributed by atoms with E-state index in [0.717, 1.165) is 36.6 Å². The first-order valence-electron chi connectivity index (χ1n) is 6.96. The van der Waals surface area contributed by atoms with Crippen LogP contribution < -0.4 is 9.47 Å². The maximum Gasteiger partial charge on any atom is 0.126 e. The van der Waals surface area contributed by atoms with E-state index in [0.29, 0.717) is 5.92 Å². The number of fused-ring (bicyclic) bond motifs is 1. The molecule has 0 aliphatic carbocycles. The quantitative estimate of drug-likeness (QED) is 0.857. The van der Waals surface area contributed by atoms with Crippen molar-refractivity contribution in [3.05, 3.63) is 53.3 Å². The maximum atomic E-state index is 5.87. The molecule has 2 heterocycles. The summed E-state index contributed by atoms with van der Waals surface area (Å²) in [4.78, 5) is 4.35. The van der Waals surface area contributed by atoms with E-state index in [4.69, 9.17) is 9.47 Å². The molecule has 0 amide bonds. The molecule has 20 heavy (non-hydrogen) atoms. The Morgan fingerprint density at radius 1 is 1.30 bits per heavy atom. The van der Waals surface area contributed by atoms with Crippen molar-refractivity contribution < 1.29 is 9.47 Å². The van der Waals surface area contributed by atoms with Gasteiger partial charge in [0.2, 0.25) is 0 Å². The normalized spacial score (nSPS) is 17.2. The van der Waals surface area contributed by atoms with E-state index in [-0.39, 0.29) is 0 Å². The lowest BCUT2D eigenvalue weighted by molar-refractivity contribution is 0.220. The summed E-state index contributed by atoms with van der Waals surface area (Å²) in [6.07, 6.45) is 4.03. The minimum Gasteiger partial charge on any atom is -0.497 e. The molecule has 0 radical (unpaired) electrons. The zero-order valence-corrected chi connectivity index (χ0v) is 11.9. The van der Waals surface area contributed by atoms with Crippen molar-refractivity contribution in [1.29, 1.82) is 0 Å². The van der Waals surface area contributed by atoms with Gasteiger partial charge in [-0.3, -0.25) is 4.98 Å². The number of methoxy groups -OCH3 is 1. The Balaban J connectivity index is 1.70. The van der Waals surface area contributed by atoms with Gasteiger partial charge in [-0.05, 0) is 43.0 Å². The molecule has 1 aromatic heterocycles. The van der Waals surface area contributed by atoms with Gasteiger partial charge >= 0.3 is 0 Å². The zero-order valence-electron chi connectivity index (χ0n) is 11.9. The van der Waals surface area contributed by atoms with E-state index in [9.17, 15) is 0 Å². The van der Waals surface area contributed by atoms with Crippen LogP contribution in [-0.4, -0.2) is 18.7 Å². The second-order valence-corrected chi connectivity index (χ2v) is 5.37. The largest absolute Gasteiger partial charge is 0.497 e. The van der Waals surface area contributed by atoms with Crippen LogP contribution in [0.1, 0.15) is 16.8 Å². The van der Waals surface area contributed by atoms with E-state index in [1.165, 1.54) is 11.1 Å². The molecular weight excluding hydrogens is 250 g/mol. The predicted molar refractivity (Wildman–Crippen MR) is 78.4 cm³/mol. The van der Waals surface area contributed by atoms with Crippen molar-refractivity contribution in [2.24, 2.45) is 5.92 Å². The number of hydrogen-bond donors (Lipinski definition) is 0. The molecule has 1 atom stereocenters. The minimum absolute atomic E-state index is 0.514. The predicted octanol–water partition coefficient (Wildman–Crippen LogP) is 3.19.